The number of carbonyl (C=O) groups excluding carboxylic acids is 1. The van der Waals surface area contributed by atoms with E-state index in [1.54, 1.807) is 19.0 Å². The molecule has 0 radical (unpaired) electrons. The van der Waals surface area contributed by atoms with E-state index in [9.17, 15) is 4.79 Å². The van der Waals surface area contributed by atoms with Crippen molar-refractivity contribution in [3.63, 3.8) is 0 Å². The highest BCUT2D eigenvalue weighted by molar-refractivity contribution is 9.10. The first-order valence-electron chi connectivity index (χ1n) is 6.43. The maximum absolute atomic E-state index is 11.6. The zero-order valence-corrected chi connectivity index (χ0v) is 13.8. The first kappa shape index (κ1) is 15.7. The second kappa shape index (κ2) is 6.82. The number of nitrogens with zero attached hydrogens (tertiary/aromatic N) is 4. The Labute approximate surface area is 131 Å². The molecule has 1 heterocycles. The lowest BCUT2D eigenvalue weighted by atomic mass is 10.2. The Balaban J connectivity index is 2.04. The van der Waals surface area contributed by atoms with Gasteiger partial charge in [0.25, 0.3) is 0 Å². The zero-order valence-electron chi connectivity index (χ0n) is 12.2. The fourth-order valence-corrected chi connectivity index (χ4v) is 2.17. The van der Waals surface area contributed by atoms with Crippen molar-refractivity contribution < 1.29 is 9.21 Å². The Morgan fingerprint density at radius 3 is 2.62 bits per heavy atom. The molecule has 1 aromatic carbocycles. The van der Waals surface area contributed by atoms with Gasteiger partial charge in [0.2, 0.25) is 17.7 Å². The molecule has 0 spiro atoms. The van der Waals surface area contributed by atoms with E-state index in [0.717, 1.165) is 10.0 Å². The molecule has 2 aromatic rings. The predicted molar refractivity (Wildman–Crippen MR) is 82.5 cm³/mol. The lowest BCUT2D eigenvalue weighted by Crippen LogP contribution is -2.34. The number of benzene rings is 1. The highest BCUT2D eigenvalue weighted by Crippen LogP contribution is 2.26. The second-order valence-electron chi connectivity index (χ2n) is 4.94. The van der Waals surface area contributed by atoms with Crippen LogP contribution in [0.4, 0.5) is 0 Å². The lowest BCUT2D eigenvalue weighted by molar-refractivity contribution is -0.129. The molecule has 6 nitrogen and oxygen atoms in total. The predicted octanol–water partition coefficient (Wildman–Crippen LogP) is 2.02. The van der Waals surface area contributed by atoms with Crippen molar-refractivity contribution in [2.45, 2.75) is 6.54 Å². The van der Waals surface area contributed by atoms with Gasteiger partial charge in [0.05, 0.1) is 18.7 Å². The standard InChI is InChI=1S/C14H17BrN4O2/c1-18(2)13(20)9-19(3)8-12-16-17-14(21-12)10-6-4-5-7-11(10)15/h4-7H,8-9H2,1-3H3. The Morgan fingerprint density at radius 2 is 1.95 bits per heavy atom. The molecule has 0 aliphatic heterocycles. The SMILES string of the molecule is CN(CC(=O)N(C)C)Cc1nnc(-c2ccccc2Br)o1. The molecular weight excluding hydrogens is 336 g/mol. The summed E-state index contributed by atoms with van der Waals surface area (Å²) in [6.07, 6.45) is 0. The second-order valence-corrected chi connectivity index (χ2v) is 5.80. The first-order valence-corrected chi connectivity index (χ1v) is 7.22. The summed E-state index contributed by atoms with van der Waals surface area (Å²) in [6, 6.07) is 7.65. The number of hydrogen-bond acceptors (Lipinski definition) is 5. The van der Waals surface area contributed by atoms with Gasteiger partial charge in [-0.1, -0.05) is 12.1 Å². The normalized spacial score (nSPS) is 10.9. The van der Waals surface area contributed by atoms with E-state index in [2.05, 4.69) is 26.1 Å². The third kappa shape index (κ3) is 4.12. The molecule has 1 aromatic heterocycles. The van der Waals surface area contributed by atoms with Gasteiger partial charge in [0.15, 0.2) is 0 Å². The van der Waals surface area contributed by atoms with Gasteiger partial charge in [-0.15, -0.1) is 10.2 Å². The number of rotatable bonds is 5. The molecule has 0 unspecified atom stereocenters. The third-order valence-corrected chi connectivity index (χ3v) is 3.57. The van der Waals surface area contributed by atoms with Gasteiger partial charge < -0.3 is 9.32 Å². The maximum atomic E-state index is 11.6. The quantitative estimate of drug-likeness (QED) is 0.823. The molecule has 0 aliphatic carbocycles. The van der Waals surface area contributed by atoms with Crippen LogP contribution in [0.3, 0.4) is 0 Å². The molecule has 0 aliphatic rings. The summed E-state index contributed by atoms with van der Waals surface area (Å²) in [5.41, 5.74) is 0.850. The summed E-state index contributed by atoms with van der Waals surface area (Å²) in [6.45, 7) is 0.733. The van der Waals surface area contributed by atoms with Crippen LogP contribution in [0.1, 0.15) is 5.89 Å². The van der Waals surface area contributed by atoms with Crippen molar-refractivity contribution in [3.05, 3.63) is 34.6 Å². The van der Waals surface area contributed by atoms with Crippen molar-refractivity contribution in [1.29, 1.82) is 0 Å². The van der Waals surface area contributed by atoms with Crippen molar-refractivity contribution >= 4 is 21.8 Å². The lowest BCUT2D eigenvalue weighted by Gasteiger charge is -2.16. The van der Waals surface area contributed by atoms with E-state index >= 15 is 0 Å². The van der Waals surface area contributed by atoms with E-state index in [1.165, 1.54) is 0 Å². The average molecular weight is 353 g/mol. The molecule has 0 fully saturated rings. The molecular formula is C14H17BrN4O2. The molecule has 0 bridgehead atoms. The monoisotopic (exact) mass is 352 g/mol. The van der Waals surface area contributed by atoms with Crippen LogP contribution in [0.25, 0.3) is 11.5 Å². The van der Waals surface area contributed by atoms with E-state index in [0.29, 0.717) is 24.9 Å². The van der Waals surface area contributed by atoms with Gasteiger partial charge >= 0.3 is 0 Å². The van der Waals surface area contributed by atoms with Crippen LogP contribution in [-0.2, 0) is 11.3 Å². The van der Waals surface area contributed by atoms with Gasteiger partial charge in [0.1, 0.15) is 0 Å². The minimum absolute atomic E-state index is 0.0306. The van der Waals surface area contributed by atoms with Crippen LogP contribution < -0.4 is 0 Å². The number of halogens is 1. The topological polar surface area (TPSA) is 62.5 Å². The molecule has 2 rings (SSSR count). The van der Waals surface area contributed by atoms with E-state index in [1.807, 2.05) is 36.2 Å². The fourth-order valence-electron chi connectivity index (χ4n) is 1.72. The van der Waals surface area contributed by atoms with Crippen molar-refractivity contribution in [2.75, 3.05) is 27.7 Å². The van der Waals surface area contributed by atoms with Gasteiger partial charge in [-0.3, -0.25) is 9.69 Å². The fraction of sp³-hybridized carbons (Fsp3) is 0.357. The highest BCUT2D eigenvalue weighted by Gasteiger charge is 2.14. The summed E-state index contributed by atoms with van der Waals surface area (Å²) < 4.78 is 6.54. The Bertz CT molecular complexity index is 627. The van der Waals surface area contributed by atoms with Crippen LogP contribution in [-0.4, -0.2) is 53.6 Å². The molecule has 21 heavy (non-hydrogen) atoms. The summed E-state index contributed by atoms with van der Waals surface area (Å²) >= 11 is 3.45. The molecule has 0 N–H and O–H groups in total. The largest absolute Gasteiger partial charge is 0.419 e. The Hall–Kier alpha value is -1.73. The Morgan fingerprint density at radius 1 is 1.24 bits per heavy atom. The van der Waals surface area contributed by atoms with Crippen LogP contribution in [0.5, 0.6) is 0 Å². The minimum Gasteiger partial charge on any atom is -0.419 e. The summed E-state index contributed by atoms with van der Waals surface area (Å²) in [5, 5.41) is 8.07. The van der Waals surface area contributed by atoms with E-state index in [4.69, 9.17) is 4.42 Å². The molecule has 0 saturated carbocycles. The molecule has 0 saturated heterocycles. The maximum Gasteiger partial charge on any atom is 0.248 e. The van der Waals surface area contributed by atoms with E-state index < -0.39 is 0 Å². The summed E-state index contributed by atoms with van der Waals surface area (Å²) in [4.78, 5) is 15.0. The van der Waals surface area contributed by atoms with Gasteiger partial charge in [-0.2, -0.15) is 0 Å². The van der Waals surface area contributed by atoms with Crippen LogP contribution >= 0.6 is 15.9 Å². The zero-order chi connectivity index (χ0) is 15.4. The highest BCUT2D eigenvalue weighted by atomic mass is 79.9. The minimum atomic E-state index is 0.0306. The van der Waals surface area contributed by atoms with E-state index in [-0.39, 0.29) is 5.91 Å². The van der Waals surface area contributed by atoms with Gasteiger partial charge in [-0.05, 0) is 35.1 Å². The first-order chi connectivity index (χ1) is 9.97. The molecule has 7 heteroatoms. The van der Waals surface area contributed by atoms with Crippen LogP contribution in [0.2, 0.25) is 0 Å². The number of likely N-dealkylation sites (N-methyl/N-ethyl adjacent to an activating group) is 2. The molecule has 0 atom stereocenters. The van der Waals surface area contributed by atoms with Gasteiger partial charge in [-0.25, -0.2) is 0 Å². The van der Waals surface area contributed by atoms with Crippen LogP contribution in [0.15, 0.2) is 33.2 Å². The number of hydrogen-bond donors (Lipinski definition) is 0. The molecule has 112 valence electrons. The third-order valence-electron chi connectivity index (χ3n) is 2.88. The van der Waals surface area contributed by atoms with Crippen molar-refractivity contribution in [1.82, 2.24) is 20.0 Å². The number of aromatic nitrogens is 2. The smallest absolute Gasteiger partial charge is 0.248 e. The summed E-state index contributed by atoms with van der Waals surface area (Å²) in [5.74, 6) is 0.975. The van der Waals surface area contributed by atoms with Gasteiger partial charge in [0, 0.05) is 18.6 Å². The van der Waals surface area contributed by atoms with Crippen molar-refractivity contribution in [2.24, 2.45) is 0 Å². The average Bonchev–Trinajstić information content (AvgIpc) is 2.87. The Kier molecular flexibility index (Phi) is 5.08. The summed E-state index contributed by atoms with van der Waals surface area (Å²) in [7, 11) is 5.30. The van der Waals surface area contributed by atoms with Crippen LogP contribution in [0, 0.1) is 0 Å². The molecule has 1 amide bonds. The van der Waals surface area contributed by atoms with Crippen molar-refractivity contribution in [3.8, 4) is 11.5 Å². The number of carbonyl (C=O) groups is 1. The number of amides is 1.